The summed E-state index contributed by atoms with van der Waals surface area (Å²) in [5, 5.41) is 20.7. The number of aromatic nitrogens is 2. The molecule has 8 heteroatoms. The molecule has 0 spiro atoms. The first-order valence-electron chi connectivity index (χ1n) is 11.0. The molecule has 6 nitrogen and oxygen atoms in total. The maximum atomic E-state index is 13.3. The zero-order valence-electron chi connectivity index (χ0n) is 18.5. The van der Waals surface area contributed by atoms with Crippen LogP contribution in [0.4, 0.5) is 5.69 Å². The van der Waals surface area contributed by atoms with Crippen molar-refractivity contribution in [2.24, 2.45) is 0 Å². The van der Waals surface area contributed by atoms with Gasteiger partial charge in [0.25, 0.3) is 0 Å². The normalized spacial score (nSPS) is 18.2. The van der Waals surface area contributed by atoms with Gasteiger partial charge in [-0.1, -0.05) is 48.0 Å². The number of halogens is 1. The molecule has 3 aromatic carbocycles. The third-order valence-corrected chi connectivity index (χ3v) is 7.59. The van der Waals surface area contributed by atoms with Crippen LogP contribution in [0.25, 0.3) is 11.1 Å². The van der Waals surface area contributed by atoms with Crippen LogP contribution >= 0.6 is 23.4 Å². The molecular weight excluding hydrogens is 482 g/mol. The summed E-state index contributed by atoms with van der Waals surface area (Å²) < 4.78 is 0. The minimum atomic E-state index is -0.716. The van der Waals surface area contributed by atoms with E-state index in [-0.39, 0.29) is 22.9 Å². The van der Waals surface area contributed by atoms with E-state index in [4.69, 9.17) is 11.6 Å². The average molecular weight is 504 g/mol. The number of thioether (sulfide) groups is 1. The molecule has 1 aromatic heterocycles. The molecule has 0 saturated carbocycles. The Hall–Kier alpha value is -3.39. The van der Waals surface area contributed by atoms with Gasteiger partial charge >= 0.3 is 0 Å². The highest BCUT2D eigenvalue weighted by molar-refractivity contribution is 8.00. The number of nitrogens with zero attached hydrogens (tertiary/aromatic N) is 3. The number of β-lactam (4-membered cyclic amide) rings is 1. The molecule has 5 rings (SSSR count). The lowest BCUT2D eigenvalue weighted by molar-refractivity contribution is -0.123. The molecule has 0 bridgehead atoms. The number of amides is 1. The monoisotopic (exact) mass is 503 g/mol. The predicted molar refractivity (Wildman–Crippen MR) is 138 cm³/mol. The number of aliphatic hydroxyl groups is 1. The van der Waals surface area contributed by atoms with Gasteiger partial charge in [-0.25, -0.2) is 9.97 Å². The lowest BCUT2D eigenvalue weighted by Crippen LogP contribution is -2.57. The summed E-state index contributed by atoms with van der Waals surface area (Å²) in [7, 11) is 0. The molecule has 1 amide bonds. The zero-order chi connectivity index (χ0) is 24.4. The maximum Gasteiger partial charge on any atom is 0.243 e. The Bertz CT molecular complexity index is 1300. The minimum Gasteiger partial charge on any atom is -0.508 e. The number of carbonyl (C=O) groups is 1. The number of anilines is 1. The molecule has 3 atom stereocenters. The number of hydrogen-bond donors (Lipinski definition) is 2. The molecule has 4 aromatic rings. The topological polar surface area (TPSA) is 86.5 Å². The summed E-state index contributed by atoms with van der Waals surface area (Å²) in [5.41, 5.74) is 4.31. The van der Waals surface area contributed by atoms with Crippen molar-refractivity contribution < 1.29 is 15.0 Å². The SMILES string of the molecule is O=C1[C@H](SC[C@H](O)c2ccc(Cl)cc2)[C@@H](c2ccc(O)cc2)N1c1ccc(-c2cncnc2)cc1. The summed E-state index contributed by atoms with van der Waals surface area (Å²) in [6.45, 7) is 0. The van der Waals surface area contributed by atoms with E-state index < -0.39 is 6.10 Å². The van der Waals surface area contributed by atoms with E-state index in [2.05, 4.69) is 9.97 Å². The summed E-state index contributed by atoms with van der Waals surface area (Å²) in [6, 6.07) is 21.5. The average Bonchev–Trinajstić information content (AvgIpc) is 2.89. The Morgan fingerprint density at radius 3 is 2.23 bits per heavy atom. The van der Waals surface area contributed by atoms with Gasteiger partial charge in [0, 0.05) is 34.4 Å². The number of carbonyl (C=O) groups excluding carboxylic acids is 1. The molecule has 0 radical (unpaired) electrons. The number of rotatable bonds is 7. The van der Waals surface area contributed by atoms with Crippen molar-refractivity contribution >= 4 is 35.0 Å². The lowest BCUT2D eigenvalue weighted by Gasteiger charge is -2.47. The zero-order valence-corrected chi connectivity index (χ0v) is 20.1. The molecular formula is C27H22ClN3O3S. The van der Waals surface area contributed by atoms with Crippen molar-refractivity contribution in [3.8, 4) is 16.9 Å². The Kier molecular flexibility index (Phi) is 6.72. The number of phenols is 1. The van der Waals surface area contributed by atoms with Crippen molar-refractivity contribution in [2.45, 2.75) is 17.4 Å². The fourth-order valence-electron chi connectivity index (χ4n) is 4.15. The molecule has 1 aliphatic rings. The van der Waals surface area contributed by atoms with Crippen LogP contribution in [-0.4, -0.2) is 37.1 Å². The van der Waals surface area contributed by atoms with Gasteiger partial charge < -0.3 is 15.1 Å². The predicted octanol–water partition coefficient (Wildman–Crippen LogP) is 5.43. The van der Waals surface area contributed by atoms with Crippen LogP contribution in [0.15, 0.2) is 91.5 Å². The highest BCUT2D eigenvalue weighted by Crippen LogP contribution is 2.46. The highest BCUT2D eigenvalue weighted by atomic mass is 35.5. The van der Waals surface area contributed by atoms with Gasteiger partial charge in [-0.3, -0.25) is 4.79 Å². The van der Waals surface area contributed by atoms with E-state index in [1.165, 1.54) is 18.1 Å². The van der Waals surface area contributed by atoms with Gasteiger partial charge in [-0.15, -0.1) is 11.8 Å². The first-order valence-corrected chi connectivity index (χ1v) is 12.5. The molecule has 0 aliphatic carbocycles. The Morgan fingerprint density at radius 1 is 0.914 bits per heavy atom. The quantitative estimate of drug-likeness (QED) is 0.327. The lowest BCUT2D eigenvalue weighted by atomic mass is 9.92. The standard InChI is InChI=1S/C27H22ClN3O3S/c28-21-7-1-18(2-8-21)24(33)15-35-26-25(19-5-11-23(32)12-6-19)31(27(26)34)22-9-3-17(4-10-22)20-13-29-16-30-14-20/h1-14,16,24-26,32-33H,15H2/t24-,25+,26+/m0/s1. The number of phenolic OH excluding ortho intramolecular Hbond substituents is 1. The van der Waals surface area contributed by atoms with E-state index in [1.807, 2.05) is 36.4 Å². The number of aliphatic hydroxyl groups excluding tert-OH is 1. The van der Waals surface area contributed by atoms with Gasteiger partial charge in [-0.05, 0) is 53.1 Å². The van der Waals surface area contributed by atoms with Crippen molar-refractivity contribution in [3.05, 3.63) is 108 Å². The van der Waals surface area contributed by atoms with Crippen LogP contribution in [0.5, 0.6) is 5.75 Å². The Balaban J connectivity index is 1.37. The second-order valence-corrected chi connectivity index (χ2v) is 9.85. The molecule has 1 saturated heterocycles. The van der Waals surface area contributed by atoms with E-state index in [1.54, 1.807) is 53.7 Å². The number of aromatic hydroxyl groups is 1. The van der Waals surface area contributed by atoms with Crippen molar-refractivity contribution in [1.82, 2.24) is 9.97 Å². The van der Waals surface area contributed by atoms with Crippen LogP contribution in [0.1, 0.15) is 23.3 Å². The highest BCUT2D eigenvalue weighted by Gasteiger charge is 2.49. The van der Waals surface area contributed by atoms with Gasteiger partial charge in [-0.2, -0.15) is 0 Å². The second kappa shape index (κ2) is 10.1. The summed E-state index contributed by atoms with van der Waals surface area (Å²) >= 11 is 7.38. The van der Waals surface area contributed by atoms with Gasteiger partial charge in [0.05, 0.1) is 12.1 Å². The molecule has 2 heterocycles. The van der Waals surface area contributed by atoms with Crippen molar-refractivity contribution in [3.63, 3.8) is 0 Å². The minimum absolute atomic E-state index is 0.0211. The van der Waals surface area contributed by atoms with Gasteiger partial charge in [0.1, 0.15) is 17.3 Å². The van der Waals surface area contributed by atoms with Crippen molar-refractivity contribution in [2.75, 3.05) is 10.7 Å². The number of hydrogen-bond acceptors (Lipinski definition) is 6. The fraction of sp³-hybridized carbons (Fsp3) is 0.148. The van der Waals surface area contributed by atoms with Crippen LogP contribution in [0.3, 0.4) is 0 Å². The molecule has 0 unspecified atom stereocenters. The largest absolute Gasteiger partial charge is 0.508 e. The Labute approximate surface area is 212 Å². The maximum absolute atomic E-state index is 13.3. The first kappa shape index (κ1) is 23.4. The molecule has 35 heavy (non-hydrogen) atoms. The smallest absolute Gasteiger partial charge is 0.243 e. The molecule has 1 fully saturated rings. The summed E-state index contributed by atoms with van der Waals surface area (Å²) in [5.74, 6) is 0.517. The van der Waals surface area contributed by atoms with Crippen LogP contribution in [-0.2, 0) is 4.79 Å². The molecule has 176 valence electrons. The van der Waals surface area contributed by atoms with E-state index in [0.717, 1.165) is 27.9 Å². The molecule has 1 aliphatic heterocycles. The summed E-state index contributed by atoms with van der Waals surface area (Å²) in [6.07, 6.45) is 4.26. The summed E-state index contributed by atoms with van der Waals surface area (Å²) in [4.78, 5) is 23.2. The fourth-order valence-corrected chi connectivity index (χ4v) is 5.57. The van der Waals surface area contributed by atoms with Gasteiger partial charge in [0.2, 0.25) is 5.91 Å². The van der Waals surface area contributed by atoms with Crippen LogP contribution in [0, 0.1) is 0 Å². The van der Waals surface area contributed by atoms with Crippen molar-refractivity contribution in [1.29, 1.82) is 0 Å². The van der Waals surface area contributed by atoms with E-state index >= 15 is 0 Å². The van der Waals surface area contributed by atoms with E-state index in [9.17, 15) is 15.0 Å². The van der Waals surface area contributed by atoms with E-state index in [0.29, 0.717) is 10.8 Å². The van der Waals surface area contributed by atoms with Crippen LogP contribution in [0.2, 0.25) is 5.02 Å². The third-order valence-electron chi connectivity index (χ3n) is 6.01. The first-order chi connectivity index (χ1) is 17.0. The van der Waals surface area contributed by atoms with Crippen LogP contribution < -0.4 is 4.90 Å². The number of benzene rings is 3. The third kappa shape index (κ3) is 4.89. The Morgan fingerprint density at radius 2 is 1.57 bits per heavy atom. The van der Waals surface area contributed by atoms with Gasteiger partial charge in [0.15, 0.2) is 0 Å². The molecule has 2 N–H and O–H groups in total. The second-order valence-electron chi connectivity index (χ2n) is 8.24.